The van der Waals surface area contributed by atoms with E-state index in [9.17, 15) is 9.18 Å². The van der Waals surface area contributed by atoms with Gasteiger partial charge < -0.3 is 15.0 Å². The highest BCUT2D eigenvalue weighted by atomic mass is 19.1. The number of carbonyl (C=O) groups excluding carboxylic acids is 1. The van der Waals surface area contributed by atoms with Crippen LogP contribution in [0.3, 0.4) is 0 Å². The highest BCUT2D eigenvalue weighted by Crippen LogP contribution is 2.27. The fourth-order valence-corrected chi connectivity index (χ4v) is 3.91. The summed E-state index contributed by atoms with van der Waals surface area (Å²) in [6.45, 7) is 2.43. The fraction of sp³-hybridized carbons (Fsp3) is 0.154. The van der Waals surface area contributed by atoms with E-state index in [0.717, 1.165) is 11.3 Å². The maximum absolute atomic E-state index is 14.8. The first-order chi connectivity index (χ1) is 16.2. The van der Waals surface area contributed by atoms with E-state index in [1.165, 1.54) is 6.07 Å². The highest BCUT2D eigenvalue weighted by molar-refractivity contribution is 6.08. The SMILES string of the molecule is O=C(Nc1ccc(N2CCOCC2)c(F)c1)c1cn(-c2ccccc2)nc1-c1ccccc1. The Labute approximate surface area is 191 Å². The molecule has 0 radical (unpaired) electrons. The summed E-state index contributed by atoms with van der Waals surface area (Å²) in [5.41, 5.74) is 3.53. The van der Waals surface area contributed by atoms with E-state index >= 15 is 0 Å². The van der Waals surface area contributed by atoms with E-state index < -0.39 is 0 Å². The number of para-hydroxylation sites is 1. The Balaban J connectivity index is 1.44. The average molecular weight is 442 g/mol. The zero-order chi connectivity index (χ0) is 22.6. The minimum Gasteiger partial charge on any atom is -0.378 e. The molecule has 6 nitrogen and oxygen atoms in total. The van der Waals surface area contributed by atoms with Gasteiger partial charge in [0.1, 0.15) is 11.5 Å². The van der Waals surface area contributed by atoms with Crippen molar-refractivity contribution in [3.05, 3.63) is 96.4 Å². The van der Waals surface area contributed by atoms with Crippen LogP contribution in [0.4, 0.5) is 15.8 Å². The summed E-state index contributed by atoms with van der Waals surface area (Å²) in [6, 6.07) is 23.9. The number of benzene rings is 3. The van der Waals surface area contributed by atoms with Crippen LogP contribution in [0.25, 0.3) is 16.9 Å². The Bertz CT molecular complexity index is 1250. The second-order valence-electron chi connectivity index (χ2n) is 7.76. The van der Waals surface area contributed by atoms with Gasteiger partial charge in [-0.1, -0.05) is 48.5 Å². The highest BCUT2D eigenvalue weighted by Gasteiger charge is 2.20. The minimum atomic E-state index is -0.377. The lowest BCUT2D eigenvalue weighted by molar-refractivity contribution is 0.102. The van der Waals surface area contributed by atoms with Crippen molar-refractivity contribution in [2.75, 3.05) is 36.5 Å². The van der Waals surface area contributed by atoms with Crippen molar-refractivity contribution < 1.29 is 13.9 Å². The van der Waals surface area contributed by atoms with Gasteiger partial charge in [-0.3, -0.25) is 4.79 Å². The molecule has 0 aliphatic carbocycles. The zero-order valence-corrected chi connectivity index (χ0v) is 17.9. The molecule has 2 heterocycles. The molecule has 4 aromatic rings. The molecule has 166 valence electrons. The maximum Gasteiger partial charge on any atom is 0.259 e. The standard InChI is InChI=1S/C26H23FN4O2/c27-23-17-20(11-12-24(23)30-13-15-33-16-14-30)28-26(32)22-18-31(21-9-5-2-6-10-21)29-25(22)19-7-3-1-4-8-19/h1-12,17-18H,13-16H2,(H,28,32). The summed E-state index contributed by atoms with van der Waals surface area (Å²) in [5, 5.41) is 7.50. The molecule has 1 fully saturated rings. The molecule has 1 aliphatic heterocycles. The third-order valence-electron chi connectivity index (χ3n) is 5.58. The first-order valence-corrected chi connectivity index (χ1v) is 10.8. The number of anilines is 2. The van der Waals surface area contributed by atoms with Crippen molar-refractivity contribution >= 4 is 17.3 Å². The van der Waals surface area contributed by atoms with E-state index in [-0.39, 0.29) is 11.7 Å². The molecule has 1 saturated heterocycles. The Morgan fingerprint density at radius 3 is 2.33 bits per heavy atom. The van der Waals surface area contributed by atoms with Crippen LogP contribution in [0.5, 0.6) is 0 Å². The number of ether oxygens (including phenoxy) is 1. The van der Waals surface area contributed by atoms with Crippen molar-refractivity contribution in [3.8, 4) is 16.9 Å². The Kier molecular flexibility index (Phi) is 5.87. The molecule has 33 heavy (non-hydrogen) atoms. The summed E-state index contributed by atoms with van der Waals surface area (Å²) >= 11 is 0. The number of nitrogens with zero attached hydrogens (tertiary/aromatic N) is 3. The normalized spacial score (nSPS) is 13.7. The summed E-state index contributed by atoms with van der Waals surface area (Å²) in [6.07, 6.45) is 1.70. The van der Waals surface area contributed by atoms with Crippen LogP contribution in [0.2, 0.25) is 0 Å². The number of carbonyl (C=O) groups is 1. The number of morpholine rings is 1. The predicted molar refractivity (Wildman–Crippen MR) is 126 cm³/mol. The third kappa shape index (κ3) is 4.49. The topological polar surface area (TPSA) is 59.4 Å². The van der Waals surface area contributed by atoms with E-state index in [1.54, 1.807) is 23.0 Å². The number of amides is 1. The lowest BCUT2D eigenvalue weighted by Gasteiger charge is -2.29. The van der Waals surface area contributed by atoms with E-state index in [1.807, 2.05) is 65.6 Å². The molecule has 1 aliphatic rings. The molecule has 0 bridgehead atoms. The van der Waals surface area contributed by atoms with Gasteiger partial charge in [0.25, 0.3) is 5.91 Å². The van der Waals surface area contributed by atoms with E-state index in [0.29, 0.717) is 48.9 Å². The maximum atomic E-state index is 14.8. The lowest BCUT2D eigenvalue weighted by Crippen LogP contribution is -2.36. The van der Waals surface area contributed by atoms with Gasteiger partial charge in [-0.2, -0.15) is 5.10 Å². The molecule has 0 saturated carbocycles. The van der Waals surface area contributed by atoms with Crippen molar-refractivity contribution in [3.63, 3.8) is 0 Å². The minimum absolute atomic E-state index is 0.352. The van der Waals surface area contributed by atoms with Gasteiger partial charge in [0.15, 0.2) is 0 Å². The molecule has 1 N–H and O–H groups in total. The van der Waals surface area contributed by atoms with Gasteiger partial charge in [0, 0.05) is 30.5 Å². The lowest BCUT2D eigenvalue weighted by atomic mass is 10.1. The molecule has 5 rings (SSSR count). The number of nitrogens with one attached hydrogen (secondary N) is 1. The van der Waals surface area contributed by atoms with E-state index in [2.05, 4.69) is 10.4 Å². The van der Waals surface area contributed by atoms with Gasteiger partial charge in [-0.15, -0.1) is 0 Å². The molecule has 7 heteroatoms. The van der Waals surface area contributed by atoms with Crippen LogP contribution in [0.15, 0.2) is 85.1 Å². The van der Waals surface area contributed by atoms with Crippen LogP contribution in [0, 0.1) is 5.82 Å². The Morgan fingerprint density at radius 1 is 0.939 bits per heavy atom. The Hall–Kier alpha value is -3.97. The van der Waals surface area contributed by atoms with Gasteiger partial charge in [-0.05, 0) is 30.3 Å². The first kappa shape index (κ1) is 20.9. The predicted octanol–water partition coefficient (Wildman–Crippen LogP) is 4.77. The number of halogens is 1. The van der Waals surface area contributed by atoms with Gasteiger partial charge in [0.05, 0.1) is 30.2 Å². The molecule has 0 atom stereocenters. The third-order valence-corrected chi connectivity index (χ3v) is 5.58. The first-order valence-electron chi connectivity index (χ1n) is 10.8. The number of hydrogen-bond donors (Lipinski definition) is 1. The second-order valence-corrected chi connectivity index (χ2v) is 7.76. The summed E-state index contributed by atoms with van der Waals surface area (Å²) in [7, 11) is 0. The molecule has 1 aromatic heterocycles. The summed E-state index contributed by atoms with van der Waals surface area (Å²) in [4.78, 5) is 15.2. The fourth-order valence-electron chi connectivity index (χ4n) is 3.91. The Morgan fingerprint density at radius 2 is 1.64 bits per heavy atom. The van der Waals surface area contributed by atoms with Crippen molar-refractivity contribution in [2.45, 2.75) is 0 Å². The number of aromatic nitrogens is 2. The van der Waals surface area contributed by atoms with Crippen LogP contribution in [-0.2, 0) is 4.74 Å². The zero-order valence-electron chi connectivity index (χ0n) is 17.9. The quantitative estimate of drug-likeness (QED) is 0.484. The molecule has 0 unspecified atom stereocenters. The average Bonchev–Trinajstić information content (AvgIpc) is 3.32. The summed E-state index contributed by atoms with van der Waals surface area (Å²) in [5.74, 6) is -0.729. The van der Waals surface area contributed by atoms with Crippen LogP contribution < -0.4 is 10.2 Å². The number of hydrogen-bond acceptors (Lipinski definition) is 4. The van der Waals surface area contributed by atoms with Gasteiger partial charge in [0.2, 0.25) is 0 Å². The number of rotatable bonds is 5. The van der Waals surface area contributed by atoms with Crippen molar-refractivity contribution in [1.82, 2.24) is 9.78 Å². The smallest absolute Gasteiger partial charge is 0.259 e. The van der Waals surface area contributed by atoms with Gasteiger partial charge in [-0.25, -0.2) is 9.07 Å². The van der Waals surface area contributed by atoms with Crippen LogP contribution in [-0.4, -0.2) is 42.0 Å². The largest absolute Gasteiger partial charge is 0.378 e. The molecule has 3 aromatic carbocycles. The van der Waals surface area contributed by atoms with Gasteiger partial charge >= 0.3 is 0 Å². The van der Waals surface area contributed by atoms with E-state index in [4.69, 9.17) is 4.74 Å². The van der Waals surface area contributed by atoms with Crippen molar-refractivity contribution in [2.24, 2.45) is 0 Å². The molecule has 0 spiro atoms. The monoisotopic (exact) mass is 442 g/mol. The van der Waals surface area contributed by atoms with Crippen LogP contribution >= 0.6 is 0 Å². The molecule has 1 amide bonds. The molecular weight excluding hydrogens is 419 g/mol. The molecular formula is C26H23FN4O2. The second kappa shape index (κ2) is 9.26. The summed E-state index contributed by atoms with van der Waals surface area (Å²) < 4.78 is 21.8. The van der Waals surface area contributed by atoms with Crippen LogP contribution in [0.1, 0.15) is 10.4 Å². The van der Waals surface area contributed by atoms with Crippen molar-refractivity contribution in [1.29, 1.82) is 0 Å².